The number of carbonyl (C=O) groups is 2. The van der Waals surface area contributed by atoms with E-state index in [0.717, 1.165) is 11.4 Å². The highest BCUT2D eigenvalue weighted by Gasteiger charge is 2.30. The van der Waals surface area contributed by atoms with Crippen molar-refractivity contribution in [2.75, 3.05) is 25.5 Å². The largest absolute Gasteiger partial charge is 0.497 e. The van der Waals surface area contributed by atoms with E-state index in [9.17, 15) is 9.59 Å². The predicted octanol–water partition coefficient (Wildman–Crippen LogP) is 2.43. The monoisotopic (exact) mass is 455 g/mol. The molecule has 1 aromatic carbocycles. The van der Waals surface area contributed by atoms with Crippen LogP contribution in [0.15, 0.2) is 42.2 Å². The van der Waals surface area contributed by atoms with Gasteiger partial charge in [0.05, 0.1) is 7.11 Å². The summed E-state index contributed by atoms with van der Waals surface area (Å²) in [4.78, 5) is 31.7. The Labute approximate surface area is 189 Å². The lowest BCUT2D eigenvalue weighted by Crippen LogP contribution is -2.47. The highest BCUT2D eigenvalue weighted by Crippen LogP contribution is 2.25. The van der Waals surface area contributed by atoms with Gasteiger partial charge in [-0.1, -0.05) is 23.5 Å². The Balaban J connectivity index is 1.41. The van der Waals surface area contributed by atoms with Gasteiger partial charge in [-0.05, 0) is 30.5 Å². The summed E-state index contributed by atoms with van der Waals surface area (Å²) < 4.78 is 7.23. The molecule has 1 atom stereocenters. The Morgan fingerprint density at radius 2 is 2.09 bits per heavy atom. The molecule has 1 aliphatic heterocycles. The van der Waals surface area contributed by atoms with Crippen molar-refractivity contribution in [3.63, 3.8) is 0 Å². The average Bonchev–Trinajstić information content (AvgIpc) is 3.49. The Morgan fingerprint density at radius 3 is 2.75 bits per heavy atom. The normalized spacial score (nSPS) is 15.2. The number of anilines is 1. The summed E-state index contributed by atoms with van der Waals surface area (Å²) in [6.07, 6.45) is 4.72. The number of ether oxygens (including phenoxy) is 1. The van der Waals surface area contributed by atoms with Crippen LogP contribution in [0.1, 0.15) is 30.3 Å². The van der Waals surface area contributed by atoms with Crippen LogP contribution in [0.2, 0.25) is 0 Å². The molecule has 3 aromatic rings. The molecule has 0 spiro atoms. The zero-order chi connectivity index (χ0) is 22.5. The number of benzene rings is 1. The number of hydrogen-bond donors (Lipinski definition) is 2. The molecule has 3 heterocycles. The number of nitrogens with one attached hydrogen (secondary N) is 2. The number of rotatable bonds is 6. The SMILES string of the molecule is COc1cccc(C(NC(=O)N2CCC(C(=O)Nc3nncs3)CC2)c2nccn2C)c1. The molecule has 2 aromatic heterocycles. The van der Waals surface area contributed by atoms with Crippen molar-refractivity contribution in [3.8, 4) is 5.75 Å². The summed E-state index contributed by atoms with van der Waals surface area (Å²) >= 11 is 1.28. The Bertz CT molecular complexity index is 1060. The summed E-state index contributed by atoms with van der Waals surface area (Å²) in [7, 11) is 3.50. The summed E-state index contributed by atoms with van der Waals surface area (Å²) in [6, 6.07) is 6.95. The van der Waals surface area contributed by atoms with Crippen molar-refractivity contribution in [1.29, 1.82) is 0 Å². The quantitative estimate of drug-likeness (QED) is 0.590. The van der Waals surface area contributed by atoms with Crippen LogP contribution < -0.4 is 15.4 Å². The van der Waals surface area contributed by atoms with E-state index >= 15 is 0 Å². The fourth-order valence-electron chi connectivity index (χ4n) is 3.77. The van der Waals surface area contributed by atoms with E-state index < -0.39 is 6.04 Å². The molecule has 10 nitrogen and oxygen atoms in total. The molecule has 168 valence electrons. The minimum atomic E-state index is -0.434. The van der Waals surface area contributed by atoms with Gasteiger partial charge in [-0.15, -0.1) is 10.2 Å². The fourth-order valence-corrected chi connectivity index (χ4v) is 4.22. The second-order valence-electron chi connectivity index (χ2n) is 7.55. The van der Waals surface area contributed by atoms with Crippen LogP contribution in [0.25, 0.3) is 0 Å². The molecule has 3 amide bonds. The number of likely N-dealkylation sites (tertiary alicyclic amines) is 1. The van der Waals surface area contributed by atoms with Gasteiger partial charge in [0.25, 0.3) is 0 Å². The van der Waals surface area contributed by atoms with Crippen LogP contribution in [-0.4, -0.2) is 56.8 Å². The number of hydrogen-bond acceptors (Lipinski definition) is 7. The summed E-state index contributed by atoms with van der Waals surface area (Å²) in [5.41, 5.74) is 2.45. The van der Waals surface area contributed by atoms with E-state index in [1.54, 1.807) is 23.7 Å². The summed E-state index contributed by atoms with van der Waals surface area (Å²) in [6.45, 7) is 0.983. The highest BCUT2D eigenvalue weighted by atomic mass is 32.1. The number of urea groups is 1. The van der Waals surface area contributed by atoms with Gasteiger partial charge < -0.3 is 24.8 Å². The van der Waals surface area contributed by atoms with Crippen molar-refractivity contribution in [2.45, 2.75) is 18.9 Å². The summed E-state index contributed by atoms with van der Waals surface area (Å²) in [5.74, 6) is 1.19. The molecule has 0 radical (unpaired) electrons. The first-order valence-corrected chi connectivity index (χ1v) is 11.2. The Kier molecular flexibility index (Phi) is 6.64. The predicted molar refractivity (Wildman–Crippen MR) is 119 cm³/mol. The van der Waals surface area contributed by atoms with Crippen molar-refractivity contribution < 1.29 is 14.3 Å². The van der Waals surface area contributed by atoms with Gasteiger partial charge in [-0.2, -0.15) is 0 Å². The number of amides is 3. The van der Waals surface area contributed by atoms with E-state index in [2.05, 4.69) is 25.8 Å². The third-order valence-corrected chi connectivity index (χ3v) is 6.16. The molecule has 32 heavy (non-hydrogen) atoms. The lowest BCUT2D eigenvalue weighted by Gasteiger charge is -2.32. The number of methoxy groups -OCH3 is 1. The second-order valence-corrected chi connectivity index (χ2v) is 8.38. The first-order valence-electron chi connectivity index (χ1n) is 10.3. The molecular formula is C21H25N7O3S. The third-order valence-electron chi connectivity index (χ3n) is 5.55. The van der Waals surface area contributed by atoms with Gasteiger partial charge in [0.1, 0.15) is 23.1 Å². The van der Waals surface area contributed by atoms with Crippen molar-refractivity contribution in [1.82, 2.24) is 30.0 Å². The van der Waals surface area contributed by atoms with Crippen LogP contribution in [0.5, 0.6) is 5.75 Å². The second kappa shape index (κ2) is 9.77. The smallest absolute Gasteiger partial charge is 0.318 e. The molecule has 1 saturated heterocycles. The highest BCUT2D eigenvalue weighted by molar-refractivity contribution is 7.13. The van der Waals surface area contributed by atoms with Gasteiger partial charge in [-0.3, -0.25) is 4.79 Å². The number of piperidine rings is 1. The number of aryl methyl sites for hydroxylation is 1. The van der Waals surface area contributed by atoms with E-state index in [0.29, 0.717) is 36.8 Å². The molecule has 0 bridgehead atoms. The molecule has 1 aliphatic rings. The van der Waals surface area contributed by atoms with E-state index in [1.165, 1.54) is 11.3 Å². The standard InChI is InChI=1S/C21H25N7O3S/c1-27-11-8-22-18(27)17(15-4-3-5-16(12-15)31-2)24-21(30)28-9-6-14(7-10-28)19(29)25-20-26-23-13-32-20/h3-5,8,11-14,17H,6-7,9-10H2,1-2H3,(H,24,30)(H,25,26,29). The molecule has 0 saturated carbocycles. The maximum Gasteiger partial charge on any atom is 0.318 e. The number of nitrogens with zero attached hydrogens (tertiary/aromatic N) is 5. The van der Waals surface area contributed by atoms with Crippen LogP contribution in [0.3, 0.4) is 0 Å². The molecular weight excluding hydrogens is 430 g/mol. The topological polar surface area (TPSA) is 114 Å². The maximum atomic E-state index is 13.1. The van der Waals surface area contributed by atoms with Crippen LogP contribution in [0, 0.1) is 5.92 Å². The first kappa shape index (κ1) is 21.8. The Hall–Kier alpha value is -3.47. The van der Waals surface area contributed by atoms with Gasteiger partial charge in [-0.25, -0.2) is 9.78 Å². The minimum Gasteiger partial charge on any atom is -0.497 e. The van der Waals surface area contributed by atoms with Gasteiger partial charge in [0, 0.05) is 38.4 Å². The lowest BCUT2D eigenvalue weighted by molar-refractivity contribution is -0.121. The van der Waals surface area contributed by atoms with Crippen LogP contribution in [0.4, 0.5) is 9.93 Å². The van der Waals surface area contributed by atoms with E-state index in [1.807, 2.05) is 42.1 Å². The molecule has 4 rings (SSSR count). The number of carbonyl (C=O) groups excluding carboxylic acids is 2. The fraction of sp³-hybridized carbons (Fsp3) is 0.381. The molecule has 1 fully saturated rings. The number of imidazole rings is 1. The van der Waals surface area contributed by atoms with Gasteiger partial charge >= 0.3 is 6.03 Å². The van der Waals surface area contributed by atoms with E-state index in [-0.39, 0.29) is 17.9 Å². The zero-order valence-corrected chi connectivity index (χ0v) is 18.7. The lowest BCUT2D eigenvalue weighted by atomic mass is 9.96. The van der Waals surface area contributed by atoms with Crippen LogP contribution >= 0.6 is 11.3 Å². The molecule has 0 aliphatic carbocycles. The number of aromatic nitrogens is 4. The zero-order valence-electron chi connectivity index (χ0n) is 17.9. The van der Waals surface area contributed by atoms with Gasteiger partial charge in [0.2, 0.25) is 11.0 Å². The average molecular weight is 456 g/mol. The molecule has 1 unspecified atom stereocenters. The van der Waals surface area contributed by atoms with Crippen LogP contribution in [-0.2, 0) is 11.8 Å². The van der Waals surface area contributed by atoms with E-state index in [4.69, 9.17) is 4.74 Å². The van der Waals surface area contributed by atoms with Gasteiger partial charge in [0.15, 0.2) is 0 Å². The third kappa shape index (κ3) is 4.88. The Morgan fingerprint density at radius 1 is 1.28 bits per heavy atom. The van der Waals surface area contributed by atoms with Crippen molar-refractivity contribution >= 4 is 28.4 Å². The first-order chi connectivity index (χ1) is 15.5. The van der Waals surface area contributed by atoms with Crippen molar-refractivity contribution in [2.24, 2.45) is 13.0 Å². The summed E-state index contributed by atoms with van der Waals surface area (Å²) in [5, 5.41) is 14.0. The molecule has 2 N–H and O–H groups in total. The van der Waals surface area contributed by atoms with Crippen molar-refractivity contribution in [3.05, 3.63) is 53.6 Å². The maximum absolute atomic E-state index is 13.1. The molecule has 11 heteroatoms. The minimum absolute atomic E-state index is 0.0796.